The molecular formula is C23H27N3O4S. The molecule has 0 saturated carbocycles. The van der Waals surface area contributed by atoms with E-state index in [0.29, 0.717) is 11.3 Å². The quantitative estimate of drug-likeness (QED) is 0.602. The van der Waals surface area contributed by atoms with Crippen molar-refractivity contribution in [1.29, 1.82) is 0 Å². The van der Waals surface area contributed by atoms with Crippen LogP contribution in [0.5, 0.6) is 6.01 Å². The summed E-state index contributed by atoms with van der Waals surface area (Å²) in [4.78, 5) is 28.1. The molecule has 8 heteroatoms. The summed E-state index contributed by atoms with van der Waals surface area (Å²) in [6.45, 7) is 7.41. The first-order chi connectivity index (χ1) is 14.7. The Bertz CT molecular complexity index is 1130. The summed E-state index contributed by atoms with van der Waals surface area (Å²) in [6.07, 6.45) is 6.48. The number of aliphatic carboxylic acids is 1. The van der Waals surface area contributed by atoms with Gasteiger partial charge in [0.25, 0.3) is 0 Å². The first-order valence-corrected chi connectivity index (χ1v) is 11.2. The Balaban J connectivity index is 2.06. The number of fused-ring (bicyclic) bond motifs is 3. The summed E-state index contributed by atoms with van der Waals surface area (Å²) in [6, 6.07) is 0.264. The maximum atomic E-state index is 12.4. The van der Waals surface area contributed by atoms with E-state index in [1.54, 1.807) is 23.7 Å². The number of pyridine rings is 1. The number of aryl methyl sites for hydroxylation is 3. The van der Waals surface area contributed by atoms with E-state index in [4.69, 9.17) is 14.5 Å². The molecular weight excluding hydrogens is 414 g/mol. The minimum absolute atomic E-state index is 0.264. The molecule has 0 spiro atoms. The van der Waals surface area contributed by atoms with Gasteiger partial charge in [-0.1, -0.05) is 0 Å². The Labute approximate surface area is 185 Å². The summed E-state index contributed by atoms with van der Waals surface area (Å²) in [5, 5.41) is 11.1. The Hall–Kier alpha value is -2.58. The molecule has 164 valence electrons. The van der Waals surface area contributed by atoms with Gasteiger partial charge in [-0.05, 0) is 58.9 Å². The smallest absolute Gasteiger partial charge is 0.337 e. The van der Waals surface area contributed by atoms with Gasteiger partial charge in [-0.3, -0.25) is 0 Å². The third kappa shape index (κ3) is 4.14. The Morgan fingerprint density at radius 2 is 1.87 bits per heavy atom. The molecule has 0 fully saturated rings. The summed E-state index contributed by atoms with van der Waals surface area (Å²) >= 11 is 1.71. The highest BCUT2D eigenvalue weighted by molar-refractivity contribution is 7.19. The van der Waals surface area contributed by atoms with Crippen LogP contribution in [0, 0.1) is 6.92 Å². The number of carboxylic acids is 1. The van der Waals surface area contributed by atoms with Crippen LogP contribution in [-0.2, 0) is 22.4 Å². The van der Waals surface area contributed by atoms with Crippen LogP contribution in [0.25, 0.3) is 21.3 Å². The zero-order valence-electron chi connectivity index (χ0n) is 18.5. The fourth-order valence-corrected chi connectivity index (χ4v) is 5.49. The Morgan fingerprint density at radius 3 is 2.48 bits per heavy atom. The summed E-state index contributed by atoms with van der Waals surface area (Å²) in [7, 11) is 1.52. The van der Waals surface area contributed by atoms with Crippen LogP contribution in [0.3, 0.4) is 0 Å². The zero-order chi connectivity index (χ0) is 22.3. The fraction of sp³-hybridized carbons (Fsp3) is 0.478. The molecule has 3 heterocycles. The molecule has 0 aromatic carbocycles. The summed E-state index contributed by atoms with van der Waals surface area (Å²) in [5.41, 5.74) is 3.38. The van der Waals surface area contributed by atoms with Crippen LogP contribution >= 0.6 is 11.3 Å². The standard InChI is InChI=1S/C23H27N3O4S/c1-12-16(19(21(27)28)30-23(2,3)4)17(13-10-24-22(29-5)25-11-13)18-14-8-6-7-9-15(14)31-20(18)26-12/h10-11,19H,6-9H2,1-5H3,(H,27,28)/t19-/m0/s1. The molecule has 7 nitrogen and oxygen atoms in total. The van der Waals surface area contributed by atoms with Gasteiger partial charge in [0.05, 0.1) is 12.7 Å². The minimum Gasteiger partial charge on any atom is -0.479 e. The minimum atomic E-state index is -1.16. The lowest BCUT2D eigenvalue weighted by Crippen LogP contribution is -2.28. The lowest BCUT2D eigenvalue weighted by atomic mass is 9.89. The average Bonchev–Trinajstić information content (AvgIpc) is 3.08. The number of aromatic nitrogens is 3. The number of hydrogen-bond donors (Lipinski definition) is 1. The molecule has 1 atom stereocenters. The van der Waals surface area contributed by atoms with Gasteiger partial charge in [-0.25, -0.2) is 19.7 Å². The van der Waals surface area contributed by atoms with Crippen molar-refractivity contribution in [2.24, 2.45) is 0 Å². The number of thiophene rings is 1. The SMILES string of the molecule is COc1ncc(-c2c([C@H](OC(C)(C)C)C(=O)O)c(C)nc3sc4c(c23)CCCC4)cn1. The van der Waals surface area contributed by atoms with Gasteiger partial charge in [-0.15, -0.1) is 11.3 Å². The van der Waals surface area contributed by atoms with Gasteiger partial charge in [0, 0.05) is 45.0 Å². The van der Waals surface area contributed by atoms with Crippen LogP contribution in [0.15, 0.2) is 12.4 Å². The maximum Gasteiger partial charge on any atom is 0.337 e. The molecule has 0 unspecified atom stereocenters. The van der Waals surface area contributed by atoms with Crippen LogP contribution in [0.4, 0.5) is 0 Å². The molecule has 1 N–H and O–H groups in total. The normalized spacial score (nSPS) is 15.0. The fourth-order valence-electron chi connectivity index (χ4n) is 4.17. The highest BCUT2D eigenvalue weighted by Crippen LogP contribution is 2.45. The van der Waals surface area contributed by atoms with E-state index >= 15 is 0 Å². The van der Waals surface area contributed by atoms with E-state index in [-0.39, 0.29) is 6.01 Å². The van der Waals surface area contributed by atoms with E-state index in [0.717, 1.165) is 47.0 Å². The number of ether oxygens (including phenoxy) is 2. The molecule has 3 aromatic rings. The zero-order valence-corrected chi connectivity index (χ0v) is 19.3. The second-order valence-corrected chi connectivity index (χ2v) is 9.87. The lowest BCUT2D eigenvalue weighted by Gasteiger charge is -2.28. The van der Waals surface area contributed by atoms with Crippen molar-refractivity contribution in [2.75, 3.05) is 7.11 Å². The molecule has 31 heavy (non-hydrogen) atoms. The highest BCUT2D eigenvalue weighted by atomic mass is 32.1. The first-order valence-electron chi connectivity index (χ1n) is 10.4. The molecule has 0 saturated heterocycles. The van der Waals surface area contributed by atoms with E-state index < -0.39 is 17.7 Å². The van der Waals surface area contributed by atoms with E-state index in [1.807, 2.05) is 27.7 Å². The molecule has 0 aliphatic heterocycles. The second kappa shape index (κ2) is 8.16. The number of carbonyl (C=O) groups is 1. The largest absolute Gasteiger partial charge is 0.479 e. The number of carboxylic acid groups (broad SMARTS) is 1. The Kier molecular flexibility index (Phi) is 5.70. The number of hydrogen-bond acceptors (Lipinski definition) is 7. The highest BCUT2D eigenvalue weighted by Gasteiger charge is 2.34. The van der Waals surface area contributed by atoms with Gasteiger partial charge in [0.2, 0.25) is 0 Å². The van der Waals surface area contributed by atoms with Crippen molar-refractivity contribution in [3.05, 3.63) is 34.1 Å². The van der Waals surface area contributed by atoms with Crippen LogP contribution in [0.1, 0.15) is 61.4 Å². The molecule has 0 amide bonds. The van der Waals surface area contributed by atoms with Crippen molar-refractivity contribution in [3.8, 4) is 17.1 Å². The molecule has 1 aliphatic carbocycles. The molecule has 1 aliphatic rings. The maximum absolute atomic E-state index is 12.4. The lowest BCUT2D eigenvalue weighted by molar-refractivity contribution is -0.160. The predicted molar refractivity (Wildman–Crippen MR) is 120 cm³/mol. The topological polar surface area (TPSA) is 94.4 Å². The average molecular weight is 442 g/mol. The van der Waals surface area contributed by atoms with E-state index in [1.165, 1.54) is 17.6 Å². The predicted octanol–water partition coefficient (Wildman–Crippen LogP) is 4.89. The van der Waals surface area contributed by atoms with Gasteiger partial charge in [0.1, 0.15) is 4.83 Å². The Morgan fingerprint density at radius 1 is 1.19 bits per heavy atom. The molecule has 0 bridgehead atoms. The summed E-state index contributed by atoms with van der Waals surface area (Å²) < 4.78 is 11.2. The van der Waals surface area contributed by atoms with Crippen molar-refractivity contribution < 1.29 is 19.4 Å². The number of rotatable bonds is 5. The van der Waals surface area contributed by atoms with Crippen molar-refractivity contribution in [1.82, 2.24) is 15.0 Å². The third-order valence-corrected chi connectivity index (χ3v) is 6.57. The van der Waals surface area contributed by atoms with Crippen molar-refractivity contribution in [2.45, 2.75) is 65.1 Å². The van der Waals surface area contributed by atoms with Crippen LogP contribution < -0.4 is 4.74 Å². The first kappa shape index (κ1) is 21.6. The molecule has 0 radical (unpaired) electrons. The monoisotopic (exact) mass is 441 g/mol. The van der Waals surface area contributed by atoms with Gasteiger partial charge < -0.3 is 14.6 Å². The van der Waals surface area contributed by atoms with Gasteiger partial charge >= 0.3 is 12.0 Å². The molecule has 3 aromatic heterocycles. The summed E-state index contributed by atoms with van der Waals surface area (Å²) in [5.74, 6) is -1.04. The third-order valence-electron chi connectivity index (χ3n) is 5.39. The van der Waals surface area contributed by atoms with E-state index in [9.17, 15) is 9.90 Å². The van der Waals surface area contributed by atoms with Crippen molar-refractivity contribution in [3.63, 3.8) is 0 Å². The van der Waals surface area contributed by atoms with E-state index in [2.05, 4.69) is 9.97 Å². The van der Waals surface area contributed by atoms with Gasteiger partial charge in [-0.2, -0.15) is 0 Å². The molecule has 4 rings (SSSR count). The van der Waals surface area contributed by atoms with Crippen molar-refractivity contribution >= 4 is 27.5 Å². The number of nitrogens with zero attached hydrogens (tertiary/aromatic N) is 3. The van der Waals surface area contributed by atoms with Crippen LogP contribution in [0.2, 0.25) is 0 Å². The number of methoxy groups -OCH3 is 1. The second-order valence-electron chi connectivity index (χ2n) is 8.78. The van der Waals surface area contributed by atoms with Crippen LogP contribution in [-0.4, -0.2) is 38.7 Å². The van der Waals surface area contributed by atoms with Gasteiger partial charge in [0.15, 0.2) is 6.10 Å².